The molecule has 4 aromatic carbocycles. The van der Waals surface area contributed by atoms with Crippen molar-refractivity contribution in [1.82, 2.24) is 0 Å². The molecule has 0 spiro atoms. The Labute approximate surface area is 248 Å². The smallest absolute Gasteiger partial charge is 0.212 e. The summed E-state index contributed by atoms with van der Waals surface area (Å²) in [5.74, 6) is 0.0940. The first kappa shape index (κ1) is 29.2. The van der Waals surface area contributed by atoms with Gasteiger partial charge in [0.05, 0.1) is 0 Å². The van der Waals surface area contributed by atoms with Crippen molar-refractivity contribution < 1.29 is 26.3 Å². The van der Waals surface area contributed by atoms with Crippen molar-refractivity contribution in [1.29, 1.82) is 0 Å². The zero-order valence-electron chi connectivity index (χ0n) is 23.0. The van der Waals surface area contributed by atoms with Crippen LogP contribution in [-0.4, -0.2) is 5.78 Å². The molecule has 202 valence electrons. The van der Waals surface area contributed by atoms with Gasteiger partial charge < -0.3 is 17.0 Å². The van der Waals surface area contributed by atoms with Crippen molar-refractivity contribution in [2.45, 2.75) is 39.2 Å². The second-order valence-electron chi connectivity index (χ2n) is 10.2. The second kappa shape index (κ2) is 14.5. The Balaban J connectivity index is 0.00000370. The van der Waals surface area contributed by atoms with Gasteiger partial charge in [0.25, 0.3) is 0 Å². The number of carbonyl (C=O) groups excluding carboxylic acids is 1. The van der Waals surface area contributed by atoms with Crippen LogP contribution in [0.25, 0.3) is 23.1 Å². The van der Waals surface area contributed by atoms with E-state index in [1.807, 2.05) is 48.5 Å². The van der Waals surface area contributed by atoms with Gasteiger partial charge in [-0.3, -0.25) is 4.79 Å². The van der Waals surface area contributed by atoms with Crippen LogP contribution in [0.4, 0.5) is 0 Å². The third-order valence-electron chi connectivity index (χ3n) is 7.37. The molecule has 0 aliphatic rings. The Morgan fingerprint density at radius 1 is 0.700 bits per heavy atom. The first-order valence-electron chi connectivity index (χ1n) is 14.0. The predicted octanol–water partition coefficient (Wildman–Crippen LogP) is 5.39. The number of para-hydroxylation sites is 1. The summed E-state index contributed by atoms with van der Waals surface area (Å²) in [6.45, 7) is 3.23. The Hall–Kier alpha value is -3.82. The Morgan fingerprint density at radius 2 is 1.30 bits per heavy atom. The molecule has 0 unspecified atom stereocenters. The van der Waals surface area contributed by atoms with Crippen LogP contribution >= 0.6 is 0 Å². The van der Waals surface area contributed by atoms with E-state index in [4.69, 9.17) is 0 Å². The number of benzene rings is 4. The Kier molecular flexibility index (Phi) is 10.6. The molecule has 0 radical (unpaired) electrons. The minimum atomic E-state index is -0.105. The van der Waals surface area contributed by atoms with Gasteiger partial charge in [0.15, 0.2) is 5.78 Å². The summed E-state index contributed by atoms with van der Waals surface area (Å²) < 4.78 is 2.41. The van der Waals surface area contributed by atoms with Gasteiger partial charge in [0.1, 0.15) is 6.54 Å². The summed E-state index contributed by atoms with van der Waals surface area (Å²) in [6, 6.07) is 41.7. The fraction of sp³-hybridized carbons (Fsp3) is 0.189. The number of nitrogens with zero attached hydrogens (tertiary/aromatic N) is 1. The van der Waals surface area contributed by atoms with E-state index in [2.05, 4.69) is 96.4 Å². The molecule has 5 rings (SSSR count). The van der Waals surface area contributed by atoms with Crippen LogP contribution in [0, 0.1) is 5.92 Å². The average Bonchev–Trinajstić information content (AvgIpc) is 2.99. The van der Waals surface area contributed by atoms with Gasteiger partial charge in [-0.2, -0.15) is 4.57 Å². The highest BCUT2D eigenvalue weighted by molar-refractivity contribution is 5.98. The molecule has 5 aromatic rings. The summed E-state index contributed by atoms with van der Waals surface area (Å²) >= 11 is 0. The number of carbonyl (C=O) groups is 1. The van der Waals surface area contributed by atoms with Crippen molar-refractivity contribution in [3.8, 4) is 0 Å². The lowest BCUT2D eigenvalue weighted by Crippen LogP contribution is -3.00. The number of ketones is 1. The molecule has 0 aliphatic heterocycles. The Morgan fingerprint density at radius 3 is 1.93 bits per heavy atom. The normalized spacial score (nSPS) is 11.2. The number of aromatic nitrogens is 1. The number of Topliss-reactive ketones (excluding diaryl/α,β-unsaturated/α-hetero) is 1. The van der Waals surface area contributed by atoms with Gasteiger partial charge in [-0.25, -0.2) is 0 Å². The molecule has 40 heavy (non-hydrogen) atoms. The van der Waals surface area contributed by atoms with Crippen LogP contribution in [0.15, 0.2) is 121 Å². The minimum absolute atomic E-state index is 0. The molecule has 0 N–H and O–H groups in total. The molecule has 0 bridgehead atoms. The van der Waals surface area contributed by atoms with E-state index in [9.17, 15) is 4.79 Å². The summed E-state index contributed by atoms with van der Waals surface area (Å²) in [7, 11) is 0. The van der Waals surface area contributed by atoms with E-state index >= 15 is 0 Å². The van der Waals surface area contributed by atoms with Gasteiger partial charge in [0, 0.05) is 41.5 Å². The quantitative estimate of drug-likeness (QED) is 0.149. The van der Waals surface area contributed by atoms with Crippen LogP contribution in [0.5, 0.6) is 0 Å². The first-order chi connectivity index (χ1) is 19.2. The Bertz CT molecular complexity index is 1500. The molecule has 0 saturated heterocycles. The molecule has 0 fully saturated rings. The van der Waals surface area contributed by atoms with E-state index in [1.54, 1.807) is 0 Å². The molecule has 0 atom stereocenters. The maximum atomic E-state index is 13.7. The highest BCUT2D eigenvalue weighted by atomic mass is 79.9. The number of hydrogen-bond acceptors (Lipinski definition) is 1. The third-order valence-corrected chi connectivity index (χ3v) is 7.37. The van der Waals surface area contributed by atoms with E-state index in [1.165, 1.54) is 27.7 Å². The first-order valence-corrected chi connectivity index (χ1v) is 14.0. The van der Waals surface area contributed by atoms with Crippen molar-refractivity contribution >= 4 is 28.8 Å². The van der Waals surface area contributed by atoms with Gasteiger partial charge >= 0.3 is 0 Å². The van der Waals surface area contributed by atoms with E-state index in [0.29, 0.717) is 0 Å². The van der Waals surface area contributed by atoms with Gasteiger partial charge in [-0.15, -0.1) is 0 Å². The second-order valence-corrected chi connectivity index (χ2v) is 10.2. The fourth-order valence-electron chi connectivity index (χ4n) is 5.22. The summed E-state index contributed by atoms with van der Waals surface area (Å²) in [5.41, 5.74) is 6.69. The van der Waals surface area contributed by atoms with E-state index < -0.39 is 0 Å². The maximum Gasteiger partial charge on any atom is 0.212 e. The SMILES string of the molecule is CCCC[n+]1c(C=Cc2ccc(C(=O)C(Cc3ccccc3)Cc3ccccc3)cc2)ccc2ccccc21.[Br-]. The lowest BCUT2D eigenvalue weighted by Gasteiger charge is -2.17. The minimum Gasteiger partial charge on any atom is -1.00 e. The lowest BCUT2D eigenvalue weighted by molar-refractivity contribution is -0.673. The van der Waals surface area contributed by atoms with Gasteiger partial charge in [0.2, 0.25) is 11.2 Å². The average molecular weight is 591 g/mol. The van der Waals surface area contributed by atoms with Crippen LogP contribution in [0.1, 0.15) is 52.5 Å². The monoisotopic (exact) mass is 589 g/mol. The van der Waals surface area contributed by atoms with Gasteiger partial charge in [-0.05, 0) is 47.7 Å². The molecule has 0 aliphatic carbocycles. The van der Waals surface area contributed by atoms with E-state index in [-0.39, 0.29) is 28.7 Å². The number of fused-ring (bicyclic) bond motifs is 1. The molecule has 1 aromatic heterocycles. The molecule has 1 heterocycles. The maximum absolute atomic E-state index is 13.7. The molecule has 3 heteroatoms. The van der Waals surface area contributed by atoms with Crippen molar-refractivity contribution in [2.24, 2.45) is 5.92 Å². The molecule has 2 nitrogen and oxygen atoms in total. The van der Waals surface area contributed by atoms with Crippen molar-refractivity contribution in [2.75, 3.05) is 0 Å². The molecule has 0 saturated carbocycles. The molecular weight excluding hydrogens is 554 g/mol. The van der Waals surface area contributed by atoms with Gasteiger partial charge in [-0.1, -0.05) is 110 Å². The van der Waals surface area contributed by atoms with Crippen LogP contribution < -0.4 is 21.5 Å². The lowest BCUT2D eigenvalue weighted by atomic mass is 9.86. The summed E-state index contributed by atoms with van der Waals surface area (Å²) in [5, 5.41) is 1.26. The van der Waals surface area contributed by atoms with Crippen molar-refractivity contribution in [3.63, 3.8) is 0 Å². The highest BCUT2D eigenvalue weighted by Gasteiger charge is 2.21. The highest BCUT2D eigenvalue weighted by Crippen LogP contribution is 2.21. The van der Waals surface area contributed by atoms with Crippen LogP contribution in [0.2, 0.25) is 0 Å². The number of unbranched alkanes of at least 4 members (excludes halogenated alkanes) is 1. The predicted molar refractivity (Wildman–Crippen MR) is 163 cm³/mol. The summed E-state index contributed by atoms with van der Waals surface area (Å²) in [4.78, 5) is 13.7. The topological polar surface area (TPSA) is 20.9 Å². The zero-order chi connectivity index (χ0) is 26.9. The fourth-order valence-corrected chi connectivity index (χ4v) is 5.22. The molecule has 0 amide bonds. The number of hydrogen-bond donors (Lipinski definition) is 0. The number of aryl methyl sites for hydroxylation is 1. The van der Waals surface area contributed by atoms with Crippen molar-refractivity contribution in [3.05, 3.63) is 149 Å². The van der Waals surface area contributed by atoms with E-state index in [0.717, 1.165) is 43.4 Å². The molecular formula is C37H36BrNO. The standard InChI is InChI=1S/C37H36NO.BrH/c1-2-3-26-38-35(25-23-32-16-10-11-17-36(32)38)24-20-29-18-21-33(22-19-29)37(39)34(27-30-12-6-4-7-13-30)28-31-14-8-5-9-15-31;/h4-25,34H,2-3,26-28H2,1H3;1H/q+1;/p-1. The van der Waals surface area contributed by atoms with Crippen LogP contribution in [0.3, 0.4) is 0 Å². The number of rotatable bonds is 11. The summed E-state index contributed by atoms with van der Waals surface area (Å²) in [6.07, 6.45) is 8.10. The number of pyridine rings is 1. The third kappa shape index (κ3) is 7.43. The zero-order valence-corrected chi connectivity index (χ0v) is 24.6. The van der Waals surface area contributed by atoms with Crippen LogP contribution in [-0.2, 0) is 19.4 Å². The largest absolute Gasteiger partial charge is 1.00 e. The number of halogens is 1.